The maximum Gasteiger partial charge on any atom is 0.444 e. The molecule has 15 heteroatoms. The van der Waals surface area contributed by atoms with E-state index in [0.717, 1.165) is 0 Å². The van der Waals surface area contributed by atoms with Crippen LogP contribution in [0.1, 0.15) is 63.3 Å². The number of aromatic nitrogens is 2. The third-order valence-corrected chi connectivity index (χ3v) is 9.21. The van der Waals surface area contributed by atoms with Gasteiger partial charge >= 0.3 is 12.2 Å². The number of morpholine rings is 1. The number of Topliss-reactive ketones (excluding diaryl/α,β-unsaturated/α-hetero) is 2. The molecule has 0 saturated carbocycles. The van der Waals surface area contributed by atoms with E-state index >= 15 is 0 Å². The summed E-state index contributed by atoms with van der Waals surface area (Å²) in [5, 5.41) is 8.35. The Bertz CT molecular complexity index is 2290. The smallest absolute Gasteiger partial charge is 0.381 e. The molecular formula is C43H43N5O10. The van der Waals surface area contributed by atoms with Crippen LogP contribution in [-0.4, -0.2) is 108 Å². The van der Waals surface area contributed by atoms with Gasteiger partial charge in [-0.2, -0.15) is 0 Å². The zero-order chi connectivity index (χ0) is 40.9. The summed E-state index contributed by atoms with van der Waals surface area (Å²) in [4.78, 5) is 79.1. The van der Waals surface area contributed by atoms with Crippen LogP contribution in [0, 0.1) is 0 Å². The maximum atomic E-state index is 14.5. The first-order chi connectivity index (χ1) is 28.3. The second-order valence-corrected chi connectivity index (χ2v) is 12.9. The van der Waals surface area contributed by atoms with Crippen molar-refractivity contribution < 1.29 is 47.9 Å². The molecule has 3 aromatic carbocycles. The molecule has 5 aromatic rings. The van der Waals surface area contributed by atoms with E-state index in [9.17, 15) is 24.0 Å². The summed E-state index contributed by atoms with van der Waals surface area (Å²) in [5.41, 5.74) is 2.33. The molecule has 15 nitrogen and oxygen atoms in total. The molecule has 3 heterocycles. The lowest BCUT2D eigenvalue weighted by Gasteiger charge is -2.24. The van der Waals surface area contributed by atoms with Crippen LogP contribution in [0.2, 0.25) is 0 Å². The number of ketones is 3. The number of carbonyl (C=O) groups excluding carboxylic acids is 5. The highest BCUT2D eigenvalue weighted by Gasteiger charge is 2.25. The van der Waals surface area contributed by atoms with Gasteiger partial charge in [0.05, 0.1) is 31.9 Å². The van der Waals surface area contributed by atoms with E-state index < -0.39 is 23.8 Å². The van der Waals surface area contributed by atoms with Gasteiger partial charge in [0.25, 0.3) is 0 Å². The Balaban J connectivity index is 1.39. The minimum Gasteiger partial charge on any atom is -0.381 e. The fourth-order valence-electron chi connectivity index (χ4n) is 6.14. The molecule has 0 N–H and O–H groups in total. The number of hydrogen-bond donors (Lipinski definition) is 0. The Hall–Kier alpha value is -6.55. The number of nitrogens with zero attached hydrogens (tertiary/aromatic N) is 5. The molecule has 6 rings (SSSR count). The van der Waals surface area contributed by atoms with Crippen LogP contribution in [-0.2, 0) is 23.9 Å². The summed E-state index contributed by atoms with van der Waals surface area (Å²) in [6, 6.07) is 23.9. The van der Waals surface area contributed by atoms with Crippen molar-refractivity contribution in [3.8, 4) is 5.69 Å². The summed E-state index contributed by atoms with van der Waals surface area (Å²) < 4.78 is 19.3. The van der Waals surface area contributed by atoms with E-state index in [0.29, 0.717) is 67.2 Å². The molecule has 1 fully saturated rings. The first kappa shape index (κ1) is 41.1. The second-order valence-electron chi connectivity index (χ2n) is 12.9. The average molecular weight is 790 g/mol. The highest BCUT2D eigenvalue weighted by atomic mass is 16.7. The van der Waals surface area contributed by atoms with Crippen molar-refractivity contribution in [3.05, 3.63) is 126 Å². The number of oxime groups is 2. The number of carbonyl (C=O) groups is 5. The lowest BCUT2D eigenvalue weighted by molar-refractivity contribution is 0.0277. The van der Waals surface area contributed by atoms with Crippen LogP contribution < -0.4 is 0 Å². The first-order valence-corrected chi connectivity index (χ1v) is 18.9. The quantitative estimate of drug-likeness (QED) is 0.0323. The number of fused-ring (bicyclic) bond motifs is 1. The monoisotopic (exact) mass is 789 g/mol. The van der Waals surface area contributed by atoms with E-state index in [4.69, 9.17) is 23.9 Å². The van der Waals surface area contributed by atoms with Crippen molar-refractivity contribution in [1.82, 2.24) is 14.0 Å². The van der Waals surface area contributed by atoms with Crippen molar-refractivity contribution in [2.75, 3.05) is 52.7 Å². The number of benzene rings is 3. The van der Waals surface area contributed by atoms with Crippen molar-refractivity contribution in [3.63, 3.8) is 0 Å². The first-order valence-electron chi connectivity index (χ1n) is 18.9. The Labute approximate surface area is 334 Å². The standard InChI is InChI=1S/C43H43N5O10/c1-3-54-24-18-36(44-58-43(53)47-22-26-56-27-23-47)40(50)32-14-17-38-34(28-32)35(41(51)37(19-25-55-4-2)45-57-42(52)46-20-8-9-21-46)29-48(38)33-15-12-31(13-16-33)39(49)30-10-6-5-7-11-30/h5-17,20-21,28-29H,3-4,18-19,22-27H2,1-2H3/b44-36+,45-37+. The Morgan fingerprint density at radius 2 is 1.26 bits per heavy atom. The molecule has 1 aliphatic heterocycles. The molecule has 58 heavy (non-hydrogen) atoms. The zero-order valence-electron chi connectivity index (χ0n) is 32.2. The molecule has 1 amide bonds. The van der Waals surface area contributed by atoms with Gasteiger partial charge in [-0.05, 0) is 68.4 Å². The van der Waals surface area contributed by atoms with Gasteiger partial charge in [-0.3, -0.25) is 28.6 Å². The predicted octanol–water partition coefficient (Wildman–Crippen LogP) is 6.75. The van der Waals surface area contributed by atoms with Crippen LogP contribution in [0.25, 0.3) is 16.6 Å². The maximum absolute atomic E-state index is 14.5. The zero-order valence-corrected chi connectivity index (χ0v) is 32.2. The highest BCUT2D eigenvalue weighted by Crippen LogP contribution is 2.29. The predicted molar refractivity (Wildman–Crippen MR) is 214 cm³/mol. The van der Waals surface area contributed by atoms with Crippen LogP contribution >= 0.6 is 0 Å². The van der Waals surface area contributed by atoms with E-state index in [1.54, 1.807) is 89.6 Å². The minimum atomic E-state index is -0.819. The molecule has 0 unspecified atom stereocenters. The van der Waals surface area contributed by atoms with E-state index in [1.807, 2.05) is 19.9 Å². The third-order valence-electron chi connectivity index (χ3n) is 9.21. The van der Waals surface area contributed by atoms with E-state index in [-0.39, 0.29) is 54.4 Å². The molecule has 1 saturated heterocycles. The van der Waals surface area contributed by atoms with Crippen LogP contribution in [0.15, 0.2) is 114 Å². The molecule has 0 bridgehead atoms. The summed E-state index contributed by atoms with van der Waals surface area (Å²) in [5.74, 6) is -1.27. The van der Waals surface area contributed by atoms with Gasteiger partial charge in [-0.25, -0.2) is 9.59 Å². The highest BCUT2D eigenvalue weighted by molar-refractivity contribution is 6.48. The van der Waals surface area contributed by atoms with Crippen molar-refractivity contribution in [1.29, 1.82) is 0 Å². The Morgan fingerprint density at radius 1 is 0.672 bits per heavy atom. The third kappa shape index (κ3) is 10.1. The van der Waals surface area contributed by atoms with Crippen LogP contribution in [0.5, 0.6) is 0 Å². The number of rotatable bonds is 17. The Morgan fingerprint density at radius 3 is 1.90 bits per heavy atom. The molecule has 0 spiro atoms. The Kier molecular flexibility index (Phi) is 14.2. The number of amides is 1. The fourth-order valence-corrected chi connectivity index (χ4v) is 6.14. The topological polar surface area (TPSA) is 169 Å². The molecule has 0 radical (unpaired) electrons. The van der Waals surface area contributed by atoms with Gasteiger partial charge < -0.3 is 23.7 Å². The molecule has 2 aromatic heterocycles. The summed E-state index contributed by atoms with van der Waals surface area (Å²) in [6.45, 7) is 6.04. The summed E-state index contributed by atoms with van der Waals surface area (Å²) >= 11 is 0. The van der Waals surface area contributed by atoms with Crippen LogP contribution in [0.4, 0.5) is 9.59 Å². The molecule has 0 atom stereocenters. The van der Waals surface area contributed by atoms with Crippen molar-refractivity contribution in [2.24, 2.45) is 10.3 Å². The van der Waals surface area contributed by atoms with E-state index in [2.05, 4.69) is 10.3 Å². The number of ether oxygens (including phenoxy) is 3. The van der Waals surface area contributed by atoms with Gasteiger partial charge in [0.15, 0.2) is 5.78 Å². The van der Waals surface area contributed by atoms with Gasteiger partial charge in [0.1, 0.15) is 11.4 Å². The minimum absolute atomic E-state index is 0.00989. The SMILES string of the molecule is CCOCC/C(=N\OC(=O)N1CCOCC1)C(=O)c1ccc2c(c1)c(C(=O)/C(CCOCC)=N/OC(=O)n1cccc1)cn2-c1ccc(C(=O)c2ccccc2)cc1. The average Bonchev–Trinajstić information content (AvgIpc) is 3.95. The molecular weight excluding hydrogens is 746 g/mol. The van der Waals surface area contributed by atoms with E-state index in [1.165, 1.54) is 21.9 Å². The molecule has 300 valence electrons. The lowest BCUT2D eigenvalue weighted by Crippen LogP contribution is -2.40. The van der Waals surface area contributed by atoms with Crippen molar-refractivity contribution in [2.45, 2.75) is 26.7 Å². The summed E-state index contributed by atoms with van der Waals surface area (Å²) in [7, 11) is 0. The summed E-state index contributed by atoms with van der Waals surface area (Å²) in [6.07, 6.45) is 3.10. The van der Waals surface area contributed by atoms with Gasteiger partial charge in [-0.1, -0.05) is 40.6 Å². The fraction of sp³-hybridized carbons (Fsp3) is 0.279. The normalized spacial score (nSPS) is 13.4. The molecule has 1 aliphatic rings. The van der Waals surface area contributed by atoms with Crippen LogP contribution in [0.3, 0.4) is 0 Å². The largest absolute Gasteiger partial charge is 0.444 e. The second kappa shape index (κ2) is 20.0. The lowest BCUT2D eigenvalue weighted by atomic mass is 9.99. The molecule has 0 aliphatic carbocycles. The number of hydrogen-bond acceptors (Lipinski definition) is 12. The van der Waals surface area contributed by atoms with Gasteiger partial charge in [0, 0.05) is 91.1 Å². The van der Waals surface area contributed by atoms with Gasteiger partial charge in [0.2, 0.25) is 11.6 Å². The van der Waals surface area contributed by atoms with Crippen molar-refractivity contribution >= 4 is 51.9 Å². The van der Waals surface area contributed by atoms with Gasteiger partial charge in [-0.15, -0.1) is 0 Å².